The quantitative estimate of drug-likeness (QED) is 0.760. The van der Waals surface area contributed by atoms with E-state index in [1.54, 1.807) is 6.07 Å². The molecular weight excluding hydrogens is 238 g/mol. The molecule has 0 aliphatic rings. The van der Waals surface area contributed by atoms with Gasteiger partial charge >= 0.3 is 0 Å². The van der Waals surface area contributed by atoms with Gasteiger partial charge in [-0.25, -0.2) is 8.78 Å². The highest BCUT2D eigenvalue weighted by Crippen LogP contribution is 2.20. The summed E-state index contributed by atoms with van der Waals surface area (Å²) in [4.78, 5) is 0. The second-order valence-corrected chi connectivity index (χ2v) is 3.82. The third-order valence-electron chi connectivity index (χ3n) is 2.29. The van der Waals surface area contributed by atoms with Crippen LogP contribution in [0.3, 0.4) is 0 Å². The van der Waals surface area contributed by atoms with Crippen LogP contribution < -0.4 is 5.32 Å². The Morgan fingerprint density at radius 2 is 1.94 bits per heavy atom. The third kappa shape index (κ3) is 4.30. The summed E-state index contributed by atoms with van der Waals surface area (Å²) in [7, 11) is 0. The molecule has 0 saturated carbocycles. The SMILES string of the molecule is CCCOCCCNc1c(F)cc(C#N)cc1F. The van der Waals surface area contributed by atoms with Crippen molar-refractivity contribution in [3.63, 3.8) is 0 Å². The van der Waals surface area contributed by atoms with E-state index < -0.39 is 11.6 Å². The summed E-state index contributed by atoms with van der Waals surface area (Å²) in [6.45, 7) is 3.68. The average Bonchev–Trinajstić information content (AvgIpc) is 2.35. The summed E-state index contributed by atoms with van der Waals surface area (Å²) in [6, 6.07) is 3.72. The average molecular weight is 254 g/mol. The predicted molar refractivity (Wildman–Crippen MR) is 65.3 cm³/mol. The van der Waals surface area contributed by atoms with Crippen molar-refractivity contribution in [2.75, 3.05) is 25.1 Å². The van der Waals surface area contributed by atoms with Crippen molar-refractivity contribution in [1.29, 1.82) is 5.26 Å². The van der Waals surface area contributed by atoms with Gasteiger partial charge in [0, 0.05) is 19.8 Å². The first-order valence-corrected chi connectivity index (χ1v) is 5.89. The molecule has 0 saturated heterocycles. The maximum absolute atomic E-state index is 13.4. The summed E-state index contributed by atoms with van der Waals surface area (Å²) in [5.74, 6) is -1.50. The van der Waals surface area contributed by atoms with E-state index in [9.17, 15) is 8.78 Å². The molecule has 0 aromatic heterocycles. The summed E-state index contributed by atoms with van der Waals surface area (Å²) < 4.78 is 32.1. The van der Waals surface area contributed by atoms with Crippen molar-refractivity contribution in [3.05, 3.63) is 29.3 Å². The van der Waals surface area contributed by atoms with Crippen LogP contribution in [-0.2, 0) is 4.74 Å². The summed E-state index contributed by atoms with van der Waals surface area (Å²) in [5, 5.41) is 11.2. The van der Waals surface area contributed by atoms with Gasteiger partial charge in [-0.15, -0.1) is 0 Å². The first-order chi connectivity index (χ1) is 8.69. The molecule has 0 unspecified atom stereocenters. The van der Waals surface area contributed by atoms with Crippen LogP contribution in [0.4, 0.5) is 14.5 Å². The van der Waals surface area contributed by atoms with Gasteiger partial charge in [0.1, 0.15) is 5.69 Å². The van der Waals surface area contributed by atoms with Crippen LogP contribution in [0.1, 0.15) is 25.3 Å². The van der Waals surface area contributed by atoms with Gasteiger partial charge in [-0.05, 0) is 25.0 Å². The highest BCUT2D eigenvalue weighted by Gasteiger charge is 2.10. The van der Waals surface area contributed by atoms with E-state index >= 15 is 0 Å². The van der Waals surface area contributed by atoms with Crippen molar-refractivity contribution >= 4 is 5.69 Å². The molecule has 3 nitrogen and oxygen atoms in total. The molecule has 0 bridgehead atoms. The lowest BCUT2D eigenvalue weighted by molar-refractivity contribution is 0.134. The second-order valence-electron chi connectivity index (χ2n) is 3.82. The molecule has 1 N–H and O–H groups in total. The summed E-state index contributed by atoms with van der Waals surface area (Å²) >= 11 is 0. The Morgan fingerprint density at radius 1 is 1.28 bits per heavy atom. The van der Waals surface area contributed by atoms with E-state index in [1.165, 1.54) is 0 Å². The van der Waals surface area contributed by atoms with Crippen molar-refractivity contribution in [2.24, 2.45) is 0 Å². The molecule has 0 aliphatic carbocycles. The fraction of sp³-hybridized carbons (Fsp3) is 0.462. The van der Waals surface area contributed by atoms with Crippen LogP contribution in [0.25, 0.3) is 0 Å². The lowest BCUT2D eigenvalue weighted by Gasteiger charge is -2.09. The Morgan fingerprint density at radius 3 is 2.50 bits per heavy atom. The number of benzene rings is 1. The number of nitriles is 1. The Balaban J connectivity index is 2.45. The molecule has 0 fully saturated rings. The lowest BCUT2D eigenvalue weighted by Crippen LogP contribution is -2.09. The minimum atomic E-state index is -0.749. The molecule has 0 spiro atoms. The molecule has 98 valence electrons. The van der Waals surface area contributed by atoms with E-state index in [0.717, 1.165) is 18.6 Å². The number of anilines is 1. The highest BCUT2D eigenvalue weighted by molar-refractivity contribution is 5.50. The zero-order chi connectivity index (χ0) is 13.4. The van der Waals surface area contributed by atoms with Crippen LogP contribution in [0.2, 0.25) is 0 Å². The molecule has 0 radical (unpaired) electrons. The number of rotatable bonds is 7. The van der Waals surface area contributed by atoms with Crippen LogP contribution in [0.5, 0.6) is 0 Å². The molecule has 1 aromatic rings. The first-order valence-electron chi connectivity index (χ1n) is 5.89. The minimum Gasteiger partial charge on any atom is -0.381 e. The zero-order valence-corrected chi connectivity index (χ0v) is 10.3. The number of hydrogen-bond donors (Lipinski definition) is 1. The third-order valence-corrected chi connectivity index (χ3v) is 2.29. The minimum absolute atomic E-state index is 0.0261. The molecule has 1 rings (SSSR count). The second kappa shape index (κ2) is 7.62. The monoisotopic (exact) mass is 254 g/mol. The largest absolute Gasteiger partial charge is 0.381 e. The smallest absolute Gasteiger partial charge is 0.150 e. The predicted octanol–water partition coefficient (Wildman–Crippen LogP) is 3.07. The van der Waals surface area contributed by atoms with Gasteiger partial charge in [0.2, 0.25) is 0 Å². The zero-order valence-electron chi connectivity index (χ0n) is 10.3. The van der Waals surface area contributed by atoms with Crippen molar-refractivity contribution in [3.8, 4) is 6.07 Å². The number of nitrogens with zero attached hydrogens (tertiary/aromatic N) is 1. The van der Waals surface area contributed by atoms with E-state index in [4.69, 9.17) is 10.00 Å². The molecule has 0 amide bonds. The Kier molecular flexibility index (Phi) is 6.09. The molecule has 5 heteroatoms. The van der Waals surface area contributed by atoms with Gasteiger partial charge in [-0.1, -0.05) is 6.92 Å². The van der Waals surface area contributed by atoms with E-state index in [0.29, 0.717) is 26.2 Å². The molecule has 0 atom stereocenters. The van der Waals surface area contributed by atoms with Crippen LogP contribution in [0, 0.1) is 23.0 Å². The molecular formula is C13H16F2N2O. The summed E-state index contributed by atoms with van der Waals surface area (Å²) in [5.41, 5.74) is -0.216. The maximum atomic E-state index is 13.4. The molecule has 0 heterocycles. The van der Waals surface area contributed by atoms with Gasteiger partial charge in [-0.3, -0.25) is 0 Å². The standard InChI is InChI=1S/C13H16F2N2O/c1-2-5-18-6-3-4-17-13-11(14)7-10(9-16)8-12(13)15/h7-8,17H,2-6H2,1H3. The highest BCUT2D eigenvalue weighted by atomic mass is 19.1. The molecule has 0 aliphatic heterocycles. The Hall–Kier alpha value is -1.67. The fourth-order valence-electron chi connectivity index (χ4n) is 1.44. The number of halogens is 2. The van der Waals surface area contributed by atoms with Gasteiger partial charge in [0.05, 0.1) is 11.6 Å². The topological polar surface area (TPSA) is 45.0 Å². The van der Waals surface area contributed by atoms with Crippen molar-refractivity contribution in [1.82, 2.24) is 0 Å². The van der Waals surface area contributed by atoms with Gasteiger partial charge in [0.15, 0.2) is 11.6 Å². The maximum Gasteiger partial charge on any atom is 0.150 e. The fourth-order valence-corrected chi connectivity index (χ4v) is 1.44. The lowest BCUT2D eigenvalue weighted by atomic mass is 10.2. The first kappa shape index (κ1) is 14.4. The van der Waals surface area contributed by atoms with Gasteiger partial charge in [-0.2, -0.15) is 5.26 Å². The number of ether oxygens (including phenoxy) is 1. The summed E-state index contributed by atoms with van der Waals surface area (Å²) in [6.07, 6.45) is 1.62. The van der Waals surface area contributed by atoms with Crippen molar-refractivity contribution < 1.29 is 13.5 Å². The van der Waals surface area contributed by atoms with Crippen LogP contribution in [0.15, 0.2) is 12.1 Å². The Labute approximate surface area is 105 Å². The van der Waals surface area contributed by atoms with Crippen molar-refractivity contribution in [2.45, 2.75) is 19.8 Å². The van der Waals surface area contributed by atoms with E-state index in [-0.39, 0.29) is 11.3 Å². The van der Waals surface area contributed by atoms with E-state index in [2.05, 4.69) is 5.32 Å². The van der Waals surface area contributed by atoms with Gasteiger partial charge < -0.3 is 10.1 Å². The van der Waals surface area contributed by atoms with Gasteiger partial charge in [0.25, 0.3) is 0 Å². The number of nitrogens with one attached hydrogen (secondary N) is 1. The normalized spacial score (nSPS) is 10.1. The van der Waals surface area contributed by atoms with E-state index in [1.807, 2.05) is 6.92 Å². The molecule has 1 aromatic carbocycles. The number of hydrogen-bond acceptors (Lipinski definition) is 3. The van der Waals surface area contributed by atoms with Crippen LogP contribution >= 0.6 is 0 Å². The molecule has 18 heavy (non-hydrogen) atoms. The Bertz CT molecular complexity index is 406. The van der Waals surface area contributed by atoms with Crippen LogP contribution in [-0.4, -0.2) is 19.8 Å².